The van der Waals surface area contributed by atoms with Gasteiger partial charge in [-0.2, -0.15) is 0 Å². The maximum absolute atomic E-state index is 12.1. The molecule has 1 saturated carbocycles. The van der Waals surface area contributed by atoms with Gasteiger partial charge in [-0.15, -0.1) is 0 Å². The standard InChI is InChI=1S/C12H21N3O2S/c1-4-10-13-8-11(14-10)18(16,17)15-9-5-6-12(2,3)7-9/h8-9,15H,4-7H2,1-3H3,(H,13,14). The molecule has 102 valence electrons. The highest BCUT2D eigenvalue weighted by Gasteiger charge is 2.33. The van der Waals surface area contributed by atoms with Gasteiger partial charge in [-0.25, -0.2) is 18.1 Å². The van der Waals surface area contributed by atoms with Crippen LogP contribution in [0.3, 0.4) is 0 Å². The lowest BCUT2D eigenvalue weighted by Crippen LogP contribution is -2.33. The number of aromatic nitrogens is 2. The smallest absolute Gasteiger partial charge is 0.257 e. The van der Waals surface area contributed by atoms with Gasteiger partial charge in [0.25, 0.3) is 10.0 Å². The summed E-state index contributed by atoms with van der Waals surface area (Å²) in [5.74, 6) is 0.696. The van der Waals surface area contributed by atoms with E-state index in [1.165, 1.54) is 6.20 Å². The number of aromatic amines is 1. The van der Waals surface area contributed by atoms with Gasteiger partial charge >= 0.3 is 0 Å². The zero-order chi connectivity index (χ0) is 13.4. The van der Waals surface area contributed by atoms with E-state index >= 15 is 0 Å². The molecule has 1 heterocycles. The monoisotopic (exact) mass is 271 g/mol. The van der Waals surface area contributed by atoms with Crippen molar-refractivity contribution >= 4 is 10.0 Å². The van der Waals surface area contributed by atoms with Crippen molar-refractivity contribution in [3.05, 3.63) is 12.0 Å². The third-order valence-corrected chi connectivity index (χ3v) is 4.95. The maximum atomic E-state index is 12.1. The number of imidazole rings is 1. The molecule has 0 bridgehead atoms. The zero-order valence-electron chi connectivity index (χ0n) is 11.2. The quantitative estimate of drug-likeness (QED) is 0.877. The molecular formula is C12H21N3O2S. The van der Waals surface area contributed by atoms with Crippen molar-refractivity contribution in [1.82, 2.24) is 14.7 Å². The predicted octanol–water partition coefficient (Wildman–Crippen LogP) is 1.83. The lowest BCUT2D eigenvalue weighted by molar-refractivity contribution is 0.372. The lowest BCUT2D eigenvalue weighted by atomic mass is 9.92. The Morgan fingerprint density at radius 1 is 1.56 bits per heavy atom. The van der Waals surface area contributed by atoms with Crippen LogP contribution in [0.15, 0.2) is 11.2 Å². The molecule has 2 rings (SSSR count). The summed E-state index contributed by atoms with van der Waals surface area (Å²) in [5.41, 5.74) is 0.232. The SMILES string of the molecule is CCc1ncc(S(=O)(=O)NC2CCC(C)(C)C2)[nH]1. The first-order valence-corrected chi connectivity index (χ1v) is 7.87. The molecule has 1 atom stereocenters. The molecule has 0 amide bonds. The van der Waals surface area contributed by atoms with Gasteiger partial charge in [0.2, 0.25) is 0 Å². The Labute approximate surface area is 108 Å². The van der Waals surface area contributed by atoms with Gasteiger partial charge in [-0.3, -0.25) is 0 Å². The van der Waals surface area contributed by atoms with Crippen molar-refractivity contribution in [2.75, 3.05) is 0 Å². The van der Waals surface area contributed by atoms with Gasteiger partial charge in [0.1, 0.15) is 5.82 Å². The van der Waals surface area contributed by atoms with Crippen LogP contribution in [0.4, 0.5) is 0 Å². The van der Waals surface area contributed by atoms with Crippen LogP contribution < -0.4 is 4.72 Å². The van der Waals surface area contributed by atoms with Crippen molar-refractivity contribution in [3.8, 4) is 0 Å². The number of sulfonamides is 1. The number of rotatable bonds is 4. The van der Waals surface area contributed by atoms with Crippen LogP contribution in [-0.4, -0.2) is 24.4 Å². The van der Waals surface area contributed by atoms with E-state index in [4.69, 9.17) is 0 Å². The number of hydrogen-bond acceptors (Lipinski definition) is 3. The van der Waals surface area contributed by atoms with Gasteiger partial charge in [0.05, 0.1) is 6.20 Å². The highest BCUT2D eigenvalue weighted by atomic mass is 32.2. The zero-order valence-corrected chi connectivity index (χ0v) is 12.0. The maximum Gasteiger partial charge on any atom is 0.257 e. The number of H-pyrrole nitrogens is 1. The molecule has 1 unspecified atom stereocenters. The summed E-state index contributed by atoms with van der Waals surface area (Å²) in [6.07, 6.45) is 4.94. The Balaban J connectivity index is 2.08. The fraction of sp³-hybridized carbons (Fsp3) is 0.750. The van der Waals surface area contributed by atoms with Crippen LogP contribution in [0, 0.1) is 5.41 Å². The van der Waals surface area contributed by atoms with Crippen molar-refractivity contribution in [3.63, 3.8) is 0 Å². The average Bonchev–Trinajstić information content (AvgIpc) is 2.84. The molecule has 1 aromatic rings. The third kappa shape index (κ3) is 2.92. The predicted molar refractivity (Wildman–Crippen MR) is 69.7 cm³/mol. The third-order valence-electron chi connectivity index (χ3n) is 3.52. The van der Waals surface area contributed by atoms with Crippen LogP contribution in [0.2, 0.25) is 0 Å². The topological polar surface area (TPSA) is 74.8 Å². The van der Waals surface area contributed by atoms with Gasteiger partial charge in [-0.1, -0.05) is 20.8 Å². The van der Waals surface area contributed by atoms with Crippen LogP contribution >= 0.6 is 0 Å². The van der Waals surface area contributed by atoms with Crippen LogP contribution in [-0.2, 0) is 16.4 Å². The number of aryl methyl sites for hydroxylation is 1. The minimum atomic E-state index is -3.45. The molecule has 0 radical (unpaired) electrons. The van der Waals surface area contributed by atoms with Crippen LogP contribution in [0.5, 0.6) is 0 Å². The van der Waals surface area contributed by atoms with E-state index in [9.17, 15) is 8.42 Å². The molecule has 1 aromatic heterocycles. The van der Waals surface area contributed by atoms with Crippen LogP contribution in [0.25, 0.3) is 0 Å². The number of nitrogens with zero attached hydrogens (tertiary/aromatic N) is 1. The molecule has 1 aliphatic rings. The Kier molecular flexibility index (Phi) is 3.51. The summed E-state index contributed by atoms with van der Waals surface area (Å²) in [6, 6.07) is 0.0402. The van der Waals surface area contributed by atoms with E-state index in [1.54, 1.807) is 0 Å². The minimum Gasteiger partial charge on any atom is -0.332 e. The summed E-state index contributed by atoms with van der Waals surface area (Å²) in [7, 11) is -3.45. The molecule has 18 heavy (non-hydrogen) atoms. The molecule has 1 fully saturated rings. The van der Waals surface area contributed by atoms with E-state index in [-0.39, 0.29) is 16.5 Å². The fourth-order valence-electron chi connectivity index (χ4n) is 2.48. The van der Waals surface area contributed by atoms with E-state index in [1.807, 2.05) is 6.92 Å². The van der Waals surface area contributed by atoms with Crippen molar-refractivity contribution in [2.45, 2.75) is 57.5 Å². The highest BCUT2D eigenvalue weighted by Crippen LogP contribution is 2.37. The van der Waals surface area contributed by atoms with Gasteiger partial charge < -0.3 is 4.98 Å². The number of hydrogen-bond donors (Lipinski definition) is 2. The van der Waals surface area contributed by atoms with Crippen molar-refractivity contribution in [1.29, 1.82) is 0 Å². The van der Waals surface area contributed by atoms with E-state index in [0.717, 1.165) is 19.3 Å². The van der Waals surface area contributed by atoms with Crippen LogP contribution in [0.1, 0.15) is 45.9 Å². The highest BCUT2D eigenvalue weighted by molar-refractivity contribution is 7.89. The largest absolute Gasteiger partial charge is 0.332 e. The second-order valence-corrected chi connectivity index (χ2v) is 7.46. The van der Waals surface area contributed by atoms with E-state index in [2.05, 4.69) is 28.5 Å². The van der Waals surface area contributed by atoms with Gasteiger partial charge in [-0.05, 0) is 24.7 Å². The second kappa shape index (κ2) is 4.66. The molecule has 0 aromatic carbocycles. The minimum absolute atomic E-state index is 0.0402. The lowest BCUT2D eigenvalue weighted by Gasteiger charge is -2.17. The van der Waals surface area contributed by atoms with E-state index < -0.39 is 10.0 Å². The second-order valence-electron chi connectivity index (χ2n) is 5.77. The Morgan fingerprint density at radius 3 is 2.78 bits per heavy atom. The van der Waals surface area contributed by atoms with E-state index in [0.29, 0.717) is 12.2 Å². The molecular weight excluding hydrogens is 250 g/mol. The molecule has 5 nitrogen and oxygen atoms in total. The first kappa shape index (κ1) is 13.5. The fourth-order valence-corrected chi connectivity index (χ4v) is 3.69. The van der Waals surface area contributed by atoms with Crippen molar-refractivity contribution in [2.24, 2.45) is 5.41 Å². The average molecular weight is 271 g/mol. The van der Waals surface area contributed by atoms with Gasteiger partial charge in [0, 0.05) is 12.5 Å². The summed E-state index contributed by atoms with van der Waals surface area (Å²) < 4.78 is 27.1. The van der Waals surface area contributed by atoms with Gasteiger partial charge in [0.15, 0.2) is 5.03 Å². The summed E-state index contributed by atoms with van der Waals surface area (Å²) in [5, 5.41) is 0.170. The molecule has 0 spiro atoms. The summed E-state index contributed by atoms with van der Waals surface area (Å²) >= 11 is 0. The van der Waals surface area contributed by atoms with Crippen molar-refractivity contribution < 1.29 is 8.42 Å². The Hall–Kier alpha value is -0.880. The summed E-state index contributed by atoms with van der Waals surface area (Å²) in [4.78, 5) is 6.87. The molecule has 0 saturated heterocycles. The normalized spacial score (nSPS) is 23.4. The molecule has 2 N–H and O–H groups in total. The first-order valence-electron chi connectivity index (χ1n) is 6.39. The molecule has 0 aliphatic heterocycles. The molecule has 1 aliphatic carbocycles. The Morgan fingerprint density at radius 2 is 2.28 bits per heavy atom. The molecule has 6 heteroatoms. The Bertz CT molecular complexity index is 519. The summed E-state index contributed by atoms with van der Waals surface area (Å²) in [6.45, 7) is 6.28. The first-order chi connectivity index (χ1) is 8.32. The number of nitrogens with one attached hydrogen (secondary N) is 2.